The van der Waals surface area contributed by atoms with Crippen LogP contribution in [0.4, 0.5) is 5.13 Å². The first-order valence-corrected chi connectivity index (χ1v) is 5.34. The van der Waals surface area contributed by atoms with Gasteiger partial charge < -0.3 is 21.5 Å². The molecule has 1 aromatic heterocycles. The molecule has 1 heterocycles. The van der Waals surface area contributed by atoms with Crippen LogP contribution in [0.1, 0.15) is 10.5 Å². The van der Waals surface area contributed by atoms with Crippen molar-refractivity contribution in [3.8, 4) is 0 Å². The summed E-state index contributed by atoms with van der Waals surface area (Å²) in [4.78, 5) is 36.3. The lowest BCUT2D eigenvalue weighted by Gasteiger charge is -2.03. The first-order chi connectivity index (χ1) is 7.99. The van der Waals surface area contributed by atoms with Crippen LogP contribution >= 0.6 is 11.3 Å². The molecule has 0 saturated carbocycles. The fourth-order valence-electron chi connectivity index (χ4n) is 0.880. The number of nitrogens with two attached hydrogens (primary N) is 1. The first kappa shape index (κ1) is 12.9. The van der Waals surface area contributed by atoms with E-state index in [0.717, 1.165) is 11.3 Å². The Kier molecular flexibility index (Phi) is 4.40. The van der Waals surface area contributed by atoms with Crippen molar-refractivity contribution in [1.82, 2.24) is 15.6 Å². The van der Waals surface area contributed by atoms with Gasteiger partial charge in [-0.05, 0) is 0 Å². The number of rotatable bonds is 5. The number of carbonyl (C=O) groups is 3. The Morgan fingerprint density at radius 3 is 2.59 bits per heavy atom. The third-order valence-electron chi connectivity index (χ3n) is 1.60. The summed E-state index contributed by atoms with van der Waals surface area (Å²) in [7, 11) is 0. The van der Waals surface area contributed by atoms with Gasteiger partial charge in [0.15, 0.2) is 5.13 Å². The highest BCUT2D eigenvalue weighted by Gasteiger charge is 2.11. The van der Waals surface area contributed by atoms with E-state index in [0.29, 0.717) is 0 Å². The van der Waals surface area contributed by atoms with Crippen molar-refractivity contribution in [2.75, 3.05) is 18.8 Å². The highest BCUT2D eigenvalue weighted by molar-refractivity contribution is 7.13. The Bertz CT molecular complexity index is 444. The molecule has 0 radical (unpaired) electrons. The van der Waals surface area contributed by atoms with Crippen LogP contribution in [0.5, 0.6) is 0 Å². The molecule has 2 amide bonds. The number of nitrogen functional groups attached to an aromatic ring is 1. The number of hydrogen-bond acceptors (Lipinski definition) is 6. The zero-order valence-corrected chi connectivity index (χ0v) is 9.41. The molecule has 17 heavy (non-hydrogen) atoms. The molecule has 0 aliphatic heterocycles. The molecule has 0 bridgehead atoms. The second-order valence-corrected chi connectivity index (χ2v) is 3.81. The lowest BCUT2D eigenvalue weighted by atomic mass is 10.4. The summed E-state index contributed by atoms with van der Waals surface area (Å²) in [5, 5.41) is 14.4. The molecule has 0 unspecified atom stereocenters. The number of carboxylic acid groups (broad SMARTS) is 1. The molecule has 1 aromatic rings. The maximum atomic E-state index is 11.4. The van der Waals surface area contributed by atoms with Gasteiger partial charge in [-0.15, -0.1) is 11.3 Å². The zero-order chi connectivity index (χ0) is 12.8. The molecule has 92 valence electrons. The summed E-state index contributed by atoms with van der Waals surface area (Å²) in [6.07, 6.45) is 0. The zero-order valence-electron chi connectivity index (χ0n) is 8.60. The van der Waals surface area contributed by atoms with Gasteiger partial charge in [0, 0.05) is 5.38 Å². The quantitative estimate of drug-likeness (QED) is 0.516. The third kappa shape index (κ3) is 4.47. The Morgan fingerprint density at radius 1 is 1.35 bits per heavy atom. The molecule has 0 aliphatic carbocycles. The second-order valence-electron chi connectivity index (χ2n) is 2.92. The van der Waals surface area contributed by atoms with E-state index in [4.69, 9.17) is 10.8 Å². The topological polar surface area (TPSA) is 134 Å². The van der Waals surface area contributed by atoms with E-state index < -0.39 is 24.3 Å². The predicted molar refractivity (Wildman–Crippen MR) is 59.5 cm³/mol. The molecule has 0 aromatic carbocycles. The van der Waals surface area contributed by atoms with Crippen LogP contribution in [0, 0.1) is 0 Å². The molecule has 9 heteroatoms. The standard InChI is InChI=1S/C8H10N4O4S/c9-8-12-4(3-17-8)7(16)11-1-5(13)10-2-6(14)15/h3H,1-2H2,(H2,9,12)(H,10,13)(H,11,16)(H,14,15). The SMILES string of the molecule is Nc1nc(C(=O)NCC(=O)NCC(=O)O)cs1. The van der Waals surface area contributed by atoms with E-state index in [1.807, 2.05) is 0 Å². The largest absolute Gasteiger partial charge is 0.480 e. The number of aromatic nitrogens is 1. The Morgan fingerprint density at radius 2 is 2.06 bits per heavy atom. The Labute approximate surface area is 99.8 Å². The van der Waals surface area contributed by atoms with Crippen molar-refractivity contribution >= 4 is 34.3 Å². The number of nitrogens with zero attached hydrogens (tertiary/aromatic N) is 1. The van der Waals surface area contributed by atoms with Gasteiger partial charge in [0.25, 0.3) is 5.91 Å². The van der Waals surface area contributed by atoms with Gasteiger partial charge in [0.2, 0.25) is 5.91 Å². The summed E-state index contributed by atoms with van der Waals surface area (Å²) in [5.41, 5.74) is 5.46. The minimum absolute atomic E-state index is 0.124. The summed E-state index contributed by atoms with van der Waals surface area (Å²) < 4.78 is 0. The van der Waals surface area contributed by atoms with E-state index in [-0.39, 0.29) is 17.4 Å². The van der Waals surface area contributed by atoms with Crippen molar-refractivity contribution in [1.29, 1.82) is 0 Å². The summed E-state index contributed by atoms with van der Waals surface area (Å²) in [6.45, 7) is -0.804. The number of nitrogens with one attached hydrogen (secondary N) is 2. The summed E-state index contributed by atoms with van der Waals surface area (Å²) in [6, 6.07) is 0. The maximum Gasteiger partial charge on any atom is 0.322 e. The summed E-state index contributed by atoms with van der Waals surface area (Å²) >= 11 is 1.11. The average Bonchev–Trinajstić information content (AvgIpc) is 2.70. The van der Waals surface area contributed by atoms with Crippen LogP contribution in [-0.2, 0) is 9.59 Å². The molecule has 0 atom stereocenters. The third-order valence-corrected chi connectivity index (χ3v) is 2.27. The lowest BCUT2D eigenvalue weighted by Crippen LogP contribution is -2.39. The molecular weight excluding hydrogens is 248 g/mol. The van der Waals surface area contributed by atoms with Crippen molar-refractivity contribution in [3.63, 3.8) is 0 Å². The van der Waals surface area contributed by atoms with E-state index in [1.165, 1.54) is 5.38 Å². The van der Waals surface area contributed by atoms with Gasteiger partial charge in [-0.1, -0.05) is 0 Å². The number of aliphatic carboxylic acids is 1. The minimum atomic E-state index is -1.16. The van der Waals surface area contributed by atoms with Crippen molar-refractivity contribution < 1.29 is 19.5 Å². The summed E-state index contributed by atoms with van der Waals surface area (Å²) in [5.74, 6) is -2.29. The number of anilines is 1. The molecule has 0 saturated heterocycles. The number of carbonyl (C=O) groups excluding carboxylic acids is 2. The highest BCUT2D eigenvalue weighted by atomic mass is 32.1. The van der Waals surface area contributed by atoms with Gasteiger partial charge >= 0.3 is 5.97 Å². The fourth-order valence-corrected chi connectivity index (χ4v) is 1.42. The molecule has 0 aliphatic rings. The van der Waals surface area contributed by atoms with Crippen LogP contribution in [0.2, 0.25) is 0 Å². The van der Waals surface area contributed by atoms with Crippen LogP contribution < -0.4 is 16.4 Å². The second kappa shape index (κ2) is 5.80. The average molecular weight is 258 g/mol. The minimum Gasteiger partial charge on any atom is -0.480 e. The van der Waals surface area contributed by atoms with Crippen molar-refractivity contribution in [2.45, 2.75) is 0 Å². The van der Waals surface area contributed by atoms with E-state index in [9.17, 15) is 14.4 Å². The van der Waals surface area contributed by atoms with E-state index in [1.54, 1.807) is 0 Å². The van der Waals surface area contributed by atoms with E-state index in [2.05, 4.69) is 15.6 Å². The number of amides is 2. The van der Waals surface area contributed by atoms with E-state index >= 15 is 0 Å². The molecule has 0 fully saturated rings. The van der Waals surface area contributed by atoms with Gasteiger partial charge in [0.05, 0.1) is 6.54 Å². The monoisotopic (exact) mass is 258 g/mol. The normalized spacial score (nSPS) is 9.65. The van der Waals surface area contributed by atoms with Crippen LogP contribution in [-0.4, -0.2) is 41.0 Å². The van der Waals surface area contributed by atoms with Crippen LogP contribution in [0.15, 0.2) is 5.38 Å². The molecule has 0 spiro atoms. The highest BCUT2D eigenvalue weighted by Crippen LogP contribution is 2.10. The van der Waals surface area contributed by atoms with Crippen LogP contribution in [0.25, 0.3) is 0 Å². The molecule has 8 nitrogen and oxygen atoms in total. The van der Waals surface area contributed by atoms with Gasteiger partial charge in [-0.2, -0.15) is 0 Å². The van der Waals surface area contributed by atoms with Gasteiger partial charge in [-0.25, -0.2) is 4.98 Å². The molecular formula is C8H10N4O4S. The maximum absolute atomic E-state index is 11.4. The van der Waals surface area contributed by atoms with Gasteiger partial charge in [0.1, 0.15) is 12.2 Å². The number of hydrogen-bond donors (Lipinski definition) is 4. The van der Waals surface area contributed by atoms with Crippen LogP contribution in [0.3, 0.4) is 0 Å². The van der Waals surface area contributed by atoms with Crippen molar-refractivity contribution in [2.24, 2.45) is 0 Å². The number of thiazole rings is 1. The first-order valence-electron chi connectivity index (χ1n) is 4.46. The van der Waals surface area contributed by atoms with Gasteiger partial charge in [-0.3, -0.25) is 14.4 Å². The number of carboxylic acids is 1. The van der Waals surface area contributed by atoms with Crippen molar-refractivity contribution in [3.05, 3.63) is 11.1 Å². The smallest absolute Gasteiger partial charge is 0.322 e. The Balaban J connectivity index is 2.33. The molecule has 1 rings (SSSR count). The predicted octanol–water partition coefficient (Wildman–Crippen LogP) is -1.34. The fraction of sp³-hybridized carbons (Fsp3) is 0.250. The lowest BCUT2D eigenvalue weighted by molar-refractivity contribution is -0.137. The Hall–Kier alpha value is -2.16. The molecule has 5 N–H and O–H groups in total.